The van der Waals surface area contributed by atoms with E-state index in [1.54, 1.807) is 4.90 Å². The predicted octanol–water partition coefficient (Wildman–Crippen LogP) is 2.20. The van der Waals surface area contributed by atoms with Gasteiger partial charge in [-0.1, -0.05) is 17.4 Å². The van der Waals surface area contributed by atoms with Gasteiger partial charge in [0.05, 0.1) is 19.6 Å². The molecule has 3 amide bonds. The van der Waals surface area contributed by atoms with Crippen LogP contribution in [0.2, 0.25) is 0 Å². The molecular weight excluding hydrogens is 354 g/mol. The number of urea groups is 1. The summed E-state index contributed by atoms with van der Waals surface area (Å²) in [5.74, 6) is -0.00409. The topological polar surface area (TPSA) is 96.4 Å². The van der Waals surface area contributed by atoms with Crippen molar-refractivity contribution in [2.24, 2.45) is 0 Å². The first-order valence-electron chi connectivity index (χ1n) is 8.34. The molecular formula is C17H21N5O3S. The van der Waals surface area contributed by atoms with Crippen molar-refractivity contribution in [3.8, 4) is 0 Å². The summed E-state index contributed by atoms with van der Waals surface area (Å²) in [5, 5.41) is 14.3. The second-order valence-corrected chi connectivity index (χ2v) is 7.11. The minimum Gasteiger partial charge on any atom is -0.378 e. The number of benzene rings is 1. The minimum absolute atomic E-state index is 0.00409. The molecule has 0 unspecified atom stereocenters. The molecule has 1 aromatic heterocycles. The number of nitrogens with zero attached hydrogens (tertiary/aromatic N) is 3. The molecule has 2 aromatic rings. The van der Waals surface area contributed by atoms with E-state index in [2.05, 4.69) is 20.8 Å². The Morgan fingerprint density at radius 1 is 1.15 bits per heavy atom. The van der Waals surface area contributed by atoms with E-state index in [-0.39, 0.29) is 12.3 Å². The first-order valence-corrected chi connectivity index (χ1v) is 9.16. The van der Waals surface area contributed by atoms with Crippen molar-refractivity contribution >= 4 is 34.1 Å². The molecule has 26 heavy (non-hydrogen) atoms. The Morgan fingerprint density at radius 2 is 1.92 bits per heavy atom. The van der Waals surface area contributed by atoms with Crippen LogP contribution in [0.1, 0.15) is 16.1 Å². The van der Waals surface area contributed by atoms with E-state index in [0.29, 0.717) is 42.1 Å². The van der Waals surface area contributed by atoms with Crippen LogP contribution in [-0.4, -0.2) is 53.3 Å². The average Bonchev–Trinajstić information content (AvgIpc) is 3.05. The maximum absolute atomic E-state index is 12.2. The number of amides is 3. The van der Waals surface area contributed by atoms with Crippen LogP contribution in [0.3, 0.4) is 0 Å². The first kappa shape index (κ1) is 18.3. The Hall–Kier alpha value is -2.52. The molecule has 9 heteroatoms. The van der Waals surface area contributed by atoms with Gasteiger partial charge in [-0.3, -0.25) is 10.1 Å². The van der Waals surface area contributed by atoms with E-state index in [4.69, 9.17) is 4.74 Å². The molecule has 138 valence electrons. The summed E-state index contributed by atoms with van der Waals surface area (Å²) in [6, 6.07) is 5.30. The molecule has 0 aliphatic carbocycles. The monoisotopic (exact) mass is 375 g/mol. The van der Waals surface area contributed by atoms with Crippen molar-refractivity contribution in [3.05, 3.63) is 34.3 Å². The van der Waals surface area contributed by atoms with Gasteiger partial charge in [-0.05, 0) is 37.1 Å². The lowest BCUT2D eigenvalue weighted by molar-refractivity contribution is -0.134. The zero-order chi connectivity index (χ0) is 18.5. The smallest absolute Gasteiger partial charge is 0.325 e. The van der Waals surface area contributed by atoms with Gasteiger partial charge in [-0.2, -0.15) is 0 Å². The molecule has 2 N–H and O–H groups in total. The Labute approximate surface area is 155 Å². The lowest BCUT2D eigenvalue weighted by Crippen LogP contribution is -2.41. The molecule has 1 aromatic carbocycles. The molecule has 3 rings (SSSR count). The average molecular weight is 375 g/mol. The van der Waals surface area contributed by atoms with Gasteiger partial charge in [0.1, 0.15) is 5.01 Å². The van der Waals surface area contributed by atoms with Crippen LogP contribution in [0.15, 0.2) is 18.2 Å². The summed E-state index contributed by atoms with van der Waals surface area (Å²) in [4.78, 5) is 26.0. The second kappa shape index (κ2) is 8.24. The predicted molar refractivity (Wildman–Crippen MR) is 99.6 cm³/mol. The lowest BCUT2D eigenvalue weighted by atomic mass is 10.1. The molecule has 2 heterocycles. The standard InChI is InChI=1S/C17H21N5O3S/c1-11-3-4-13(9-12(11)2)18-16(24)19-17-21-20-14(26-17)10-15(23)22-5-7-25-8-6-22/h3-4,9H,5-8,10H2,1-2H3,(H2,18,19,21,24). The largest absolute Gasteiger partial charge is 0.378 e. The maximum atomic E-state index is 12.2. The summed E-state index contributed by atoms with van der Waals surface area (Å²) >= 11 is 1.20. The third-order valence-corrected chi connectivity index (χ3v) is 4.96. The highest BCUT2D eigenvalue weighted by atomic mass is 32.1. The Kier molecular flexibility index (Phi) is 5.79. The highest BCUT2D eigenvalue weighted by Crippen LogP contribution is 2.18. The molecule has 1 saturated heterocycles. The number of ether oxygens (including phenoxy) is 1. The first-order chi connectivity index (χ1) is 12.5. The summed E-state index contributed by atoms with van der Waals surface area (Å²) in [6.07, 6.45) is 0.179. The number of aromatic nitrogens is 2. The second-order valence-electron chi connectivity index (χ2n) is 6.05. The number of carbonyl (C=O) groups excluding carboxylic acids is 2. The molecule has 1 aliphatic heterocycles. The fraction of sp³-hybridized carbons (Fsp3) is 0.412. The van der Waals surface area contributed by atoms with Gasteiger partial charge < -0.3 is 15.0 Å². The zero-order valence-corrected chi connectivity index (χ0v) is 15.6. The number of anilines is 2. The quantitative estimate of drug-likeness (QED) is 0.854. The van der Waals surface area contributed by atoms with Gasteiger partial charge >= 0.3 is 6.03 Å². The summed E-state index contributed by atoms with van der Waals surface area (Å²) in [6.45, 7) is 6.32. The van der Waals surface area contributed by atoms with E-state index < -0.39 is 6.03 Å². The van der Waals surface area contributed by atoms with Gasteiger partial charge in [0.25, 0.3) is 0 Å². The van der Waals surface area contributed by atoms with Gasteiger partial charge in [0, 0.05) is 18.8 Å². The number of carbonyl (C=O) groups is 2. The number of morpholine rings is 1. The van der Waals surface area contributed by atoms with Crippen LogP contribution in [0, 0.1) is 13.8 Å². The summed E-state index contributed by atoms with van der Waals surface area (Å²) in [7, 11) is 0. The number of aryl methyl sites for hydroxylation is 2. The lowest BCUT2D eigenvalue weighted by Gasteiger charge is -2.26. The third-order valence-electron chi connectivity index (χ3n) is 4.12. The Bertz CT molecular complexity index is 801. The molecule has 0 bridgehead atoms. The van der Waals surface area contributed by atoms with Crippen molar-refractivity contribution in [1.82, 2.24) is 15.1 Å². The number of hydrogen-bond acceptors (Lipinski definition) is 6. The van der Waals surface area contributed by atoms with Crippen molar-refractivity contribution < 1.29 is 14.3 Å². The maximum Gasteiger partial charge on any atom is 0.325 e. The molecule has 1 fully saturated rings. The van der Waals surface area contributed by atoms with E-state index in [1.165, 1.54) is 11.3 Å². The SMILES string of the molecule is Cc1ccc(NC(=O)Nc2nnc(CC(=O)N3CCOCC3)s2)cc1C. The van der Waals surface area contributed by atoms with E-state index in [9.17, 15) is 9.59 Å². The van der Waals surface area contributed by atoms with Crippen molar-refractivity contribution in [1.29, 1.82) is 0 Å². The molecule has 0 saturated carbocycles. The molecule has 0 spiro atoms. The van der Waals surface area contributed by atoms with E-state index in [0.717, 1.165) is 11.1 Å². The van der Waals surface area contributed by atoms with Crippen LogP contribution >= 0.6 is 11.3 Å². The molecule has 1 aliphatic rings. The Morgan fingerprint density at radius 3 is 2.65 bits per heavy atom. The van der Waals surface area contributed by atoms with Crippen LogP contribution < -0.4 is 10.6 Å². The van der Waals surface area contributed by atoms with Crippen molar-refractivity contribution in [2.45, 2.75) is 20.3 Å². The van der Waals surface area contributed by atoms with Crippen LogP contribution in [0.4, 0.5) is 15.6 Å². The zero-order valence-electron chi connectivity index (χ0n) is 14.7. The minimum atomic E-state index is -0.393. The van der Waals surface area contributed by atoms with E-state index >= 15 is 0 Å². The number of nitrogens with one attached hydrogen (secondary N) is 2. The summed E-state index contributed by atoms with van der Waals surface area (Å²) in [5.41, 5.74) is 2.97. The van der Waals surface area contributed by atoms with Crippen molar-refractivity contribution in [3.63, 3.8) is 0 Å². The molecule has 0 radical (unpaired) electrons. The third kappa shape index (κ3) is 4.77. The van der Waals surface area contributed by atoms with Crippen LogP contribution in [0.5, 0.6) is 0 Å². The summed E-state index contributed by atoms with van der Waals surface area (Å²) < 4.78 is 5.24. The van der Waals surface area contributed by atoms with E-state index in [1.807, 2.05) is 32.0 Å². The van der Waals surface area contributed by atoms with Gasteiger partial charge in [-0.15, -0.1) is 10.2 Å². The number of rotatable bonds is 4. The highest BCUT2D eigenvalue weighted by molar-refractivity contribution is 7.15. The van der Waals surface area contributed by atoms with Gasteiger partial charge in [0.15, 0.2) is 0 Å². The highest BCUT2D eigenvalue weighted by Gasteiger charge is 2.19. The van der Waals surface area contributed by atoms with Gasteiger partial charge in [0.2, 0.25) is 11.0 Å². The van der Waals surface area contributed by atoms with Gasteiger partial charge in [-0.25, -0.2) is 4.79 Å². The van der Waals surface area contributed by atoms with Crippen molar-refractivity contribution in [2.75, 3.05) is 36.9 Å². The fourth-order valence-electron chi connectivity index (χ4n) is 2.51. The molecule has 0 atom stereocenters. The van der Waals surface area contributed by atoms with Crippen LogP contribution in [-0.2, 0) is 16.0 Å². The molecule has 8 nitrogen and oxygen atoms in total. The fourth-order valence-corrected chi connectivity index (χ4v) is 3.23. The Balaban J connectivity index is 1.53. The normalized spacial score (nSPS) is 14.2. The number of hydrogen-bond donors (Lipinski definition) is 2. The van der Waals surface area contributed by atoms with Crippen LogP contribution in [0.25, 0.3) is 0 Å².